The Morgan fingerprint density at radius 2 is 2.31 bits per heavy atom. The number of rotatable bonds is 6. The largest absolute Gasteiger partial charge is 0.468 e. The zero-order chi connectivity index (χ0) is 11.8. The topological polar surface area (TPSA) is 38.8 Å². The summed E-state index contributed by atoms with van der Waals surface area (Å²) in [5.74, 6) is -0.185. The molecule has 16 heavy (non-hydrogen) atoms. The summed E-state index contributed by atoms with van der Waals surface area (Å²) >= 11 is 0. The molecule has 1 atom stereocenters. The molecule has 0 aromatic heterocycles. The first-order valence-corrected chi connectivity index (χ1v) is 5.74. The van der Waals surface area contributed by atoms with Crippen molar-refractivity contribution >= 4 is 5.97 Å². The summed E-state index contributed by atoms with van der Waals surface area (Å²) in [7, 11) is 3.10. The molecular weight excluding hydrogens is 206 g/mol. The molecule has 0 heterocycles. The predicted octanol–water partition coefficient (Wildman–Crippen LogP) is 1.22. The van der Waals surface area contributed by atoms with E-state index in [1.165, 1.54) is 13.5 Å². The van der Waals surface area contributed by atoms with Crippen LogP contribution in [0.1, 0.15) is 19.3 Å². The number of carbonyl (C=O) groups excluding carboxylic acids is 1. The molecule has 0 fully saturated rings. The quantitative estimate of drug-likeness (QED) is 0.505. The Labute approximate surface area is 97.2 Å². The van der Waals surface area contributed by atoms with E-state index in [4.69, 9.17) is 9.47 Å². The Kier molecular flexibility index (Phi) is 6.11. The summed E-state index contributed by atoms with van der Waals surface area (Å²) in [5.41, 5.74) is 0. The zero-order valence-electron chi connectivity index (χ0n) is 10.1. The number of hydrogen-bond donors (Lipinski definition) is 0. The van der Waals surface area contributed by atoms with Gasteiger partial charge in [-0.25, -0.2) is 0 Å². The third kappa shape index (κ3) is 4.33. The Morgan fingerprint density at radius 3 is 2.88 bits per heavy atom. The molecule has 0 spiro atoms. The second-order valence-corrected chi connectivity index (χ2v) is 3.97. The standard InChI is InChI=1S/C12H21NO3/c1-15-9-8-13(10-12(14)16-2)11-6-4-3-5-7-11/h4,6,11H,3,5,7-10H2,1-2H3/t11-/m1/s1. The highest BCUT2D eigenvalue weighted by atomic mass is 16.5. The first kappa shape index (κ1) is 13.2. The lowest BCUT2D eigenvalue weighted by Gasteiger charge is -2.30. The van der Waals surface area contributed by atoms with Gasteiger partial charge >= 0.3 is 5.97 Å². The van der Waals surface area contributed by atoms with Crippen LogP contribution in [0.4, 0.5) is 0 Å². The highest BCUT2D eigenvalue weighted by Gasteiger charge is 2.20. The van der Waals surface area contributed by atoms with Gasteiger partial charge in [-0.1, -0.05) is 12.2 Å². The number of hydrogen-bond acceptors (Lipinski definition) is 4. The van der Waals surface area contributed by atoms with Crippen molar-refractivity contribution in [1.82, 2.24) is 4.90 Å². The Morgan fingerprint density at radius 1 is 1.50 bits per heavy atom. The van der Waals surface area contributed by atoms with Gasteiger partial charge in [0.25, 0.3) is 0 Å². The van der Waals surface area contributed by atoms with Gasteiger partial charge in [0.1, 0.15) is 0 Å². The predicted molar refractivity (Wildman–Crippen MR) is 62.2 cm³/mol. The molecule has 4 nitrogen and oxygen atoms in total. The fourth-order valence-electron chi connectivity index (χ4n) is 1.90. The lowest BCUT2D eigenvalue weighted by Crippen LogP contribution is -2.41. The summed E-state index contributed by atoms with van der Waals surface area (Å²) in [6.07, 6.45) is 7.81. The molecule has 92 valence electrons. The van der Waals surface area contributed by atoms with E-state index in [9.17, 15) is 4.79 Å². The molecule has 4 heteroatoms. The van der Waals surface area contributed by atoms with Gasteiger partial charge in [-0.2, -0.15) is 0 Å². The third-order valence-corrected chi connectivity index (χ3v) is 2.84. The van der Waals surface area contributed by atoms with Gasteiger partial charge in [-0.3, -0.25) is 9.69 Å². The SMILES string of the molecule is COCCN(CC(=O)OC)[C@@H]1C=CCCC1. The van der Waals surface area contributed by atoms with Gasteiger partial charge in [-0.15, -0.1) is 0 Å². The summed E-state index contributed by atoms with van der Waals surface area (Å²) in [5, 5.41) is 0. The van der Waals surface area contributed by atoms with Crippen LogP contribution in [0.5, 0.6) is 0 Å². The van der Waals surface area contributed by atoms with Crippen LogP contribution in [-0.4, -0.2) is 50.8 Å². The van der Waals surface area contributed by atoms with Crippen molar-refractivity contribution in [2.24, 2.45) is 0 Å². The Balaban J connectivity index is 2.50. The van der Waals surface area contributed by atoms with Crippen molar-refractivity contribution in [2.75, 3.05) is 33.9 Å². The number of ether oxygens (including phenoxy) is 2. The van der Waals surface area contributed by atoms with E-state index in [0.717, 1.165) is 19.4 Å². The number of esters is 1. The van der Waals surface area contributed by atoms with Gasteiger partial charge in [-0.05, 0) is 19.3 Å². The highest BCUT2D eigenvalue weighted by molar-refractivity contribution is 5.71. The Bertz CT molecular complexity index is 240. The molecule has 0 aromatic rings. The lowest BCUT2D eigenvalue weighted by atomic mass is 10.0. The van der Waals surface area contributed by atoms with Gasteiger partial charge in [0.05, 0.1) is 20.3 Å². The van der Waals surface area contributed by atoms with Crippen LogP contribution >= 0.6 is 0 Å². The van der Waals surface area contributed by atoms with E-state index < -0.39 is 0 Å². The maximum atomic E-state index is 11.3. The number of carbonyl (C=O) groups is 1. The average molecular weight is 227 g/mol. The van der Waals surface area contributed by atoms with E-state index in [1.54, 1.807) is 7.11 Å². The van der Waals surface area contributed by atoms with Crippen LogP contribution < -0.4 is 0 Å². The van der Waals surface area contributed by atoms with E-state index in [2.05, 4.69) is 17.1 Å². The van der Waals surface area contributed by atoms with Crippen LogP contribution in [0.3, 0.4) is 0 Å². The first-order valence-electron chi connectivity index (χ1n) is 5.74. The molecule has 1 rings (SSSR count). The van der Waals surface area contributed by atoms with Gasteiger partial charge in [0.15, 0.2) is 0 Å². The molecule has 1 aliphatic carbocycles. The van der Waals surface area contributed by atoms with Crippen molar-refractivity contribution in [3.63, 3.8) is 0 Å². The number of methoxy groups -OCH3 is 2. The molecular formula is C12H21NO3. The fraction of sp³-hybridized carbons (Fsp3) is 0.750. The minimum Gasteiger partial charge on any atom is -0.468 e. The zero-order valence-corrected chi connectivity index (χ0v) is 10.1. The van der Waals surface area contributed by atoms with E-state index in [-0.39, 0.29) is 5.97 Å². The fourth-order valence-corrected chi connectivity index (χ4v) is 1.90. The first-order chi connectivity index (χ1) is 7.77. The molecule has 0 radical (unpaired) electrons. The number of allylic oxidation sites excluding steroid dienone is 1. The minimum atomic E-state index is -0.185. The van der Waals surface area contributed by atoms with Gasteiger partial charge < -0.3 is 9.47 Å². The molecule has 0 unspecified atom stereocenters. The summed E-state index contributed by atoms with van der Waals surface area (Å²) in [6, 6.07) is 0.350. The second kappa shape index (κ2) is 7.41. The van der Waals surface area contributed by atoms with Crippen LogP contribution in [-0.2, 0) is 14.3 Å². The van der Waals surface area contributed by atoms with Crippen molar-refractivity contribution in [1.29, 1.82) is 0 Å². The van der Waals surface area contributed by atoms with E-state index in [0.29, 0.717) is 19.2 Å². The normalized spacial score (nSPS) is 20.1. The second-order valence-electron chi connectivity index (χ2n) is 3.97. The molecule has 0 saturated carbocycles. The van der Waals surface area contributed by atoms with Crippen LogP contribution in [0.15, 0.2) is 12.2 Å². The third-order valence-electron chi connectivity index (χ3n) is 2.84. The van der Waals surface area contributed by atoms with Crippen molar-refractivity contribution in [3.8, 4) is 0 Å². The van der Waals surface area contributed by atoms with Crippen molar-refractivity contribution < 1.29 is 14.3 Å². The summed E-state index contributed by atoms with van der Waals surface area (Å²) < 4.78 is 9.77. The Hall–Kier alpha value is -0.870. The summed E-state index contributed by atoms with van der Waals surface area (Å²) in [4.78, 5) is 13.4. The monoisotopic (exact) mass is 227 g/mol. The van der Waals surface area contributed by atoms with E-state index >= 15 is 0 Å². The molecule has 0 aliphatic heterocycles. The highest BCUT2D eigenvalue weighted by Crippen LogP contribution is 2.16. The van der Waals surface area contributed by atoms with Crippen LogP contribution in [0, 0.1) is 0 Å². The van der Waals surface area contributed by atoms with Crippen LogP contribution in [0.25, 0.3) is 0 Å². The number of nitrogens with zero attached hydrogens (tertiary/aromatic N) is 1. The summed E-state index contributed by atoms with van der Waals surface area (Å²) in [6.45, 7) is 1.75. The molecule has 1 aliphatic rings. The lowest BCUT2D eigenvalue weighted by molar-refractivity contribution is -0.142. The molecule has 0 aromatic carbocycles. The smallest absolute Gasteiger partial charge is 0.319 e. The maximum absolute atomic E-state index is 11.3. The molecule has 0 amide bonds. The minimum absolute atomic E-state index is 0.185. The van der Waals surface area contributed by atoms with Gasteiger partial charge in [0, 0.05) is 19.7 Å². The molecule has 0 saturated heterocycles. The van der Waals surface area contributed by atoms with Crippen LogP contribution in [0.2, 0.25) is 0 Å². The van der Waals surface area contributed by atoms with Crippen molar-refractivity contribution in [3.05, 3.63) is 12.2 Å². The molecule has 0 bridgehead atoms. The molecule has 0 N–H and O–H groups in total. The van der Waals surface area contributed by atoms with Crippen molar-refractivity contribution in [2.45, 2.75) is 25.3 Å². The van der Waals surface area contributed by atoms with Gasteiger partial charge in [0.2, 0.25) is 0 Å². The average Bonchev–Trinajstić information content (AvgIpc) is 2.35. The maximum Gasteiger partial charge on any atom is 0.319 e. The van der Waals surface area contributed by atoms with E-state index in [1.807, 2.05) is 0 Å².